The lowest BCUT2D eigenvalue weighted by molar-refractivity contribution is 0.0136. The van der Waals surface area contributed by atoms with E-state index in [0.29, 0.717) is 38.6 Å². The van der Waals surface area contributed by atoms with E-state index < -0.39 is 5.60 Å². The smallest absolute Gasteiger partial charge is 0.410 e. The van der Waals surface area contributed by atoms with Crippen LogP contribution >= 0.6 is 0 Å². The number of fused-ring (bicyclic) bond motifs is 1. The summed E-state index contributed by atoms with van der Waals surface area (Å²) >= 11 is 0. The molecule has 0 aromatic carbocycles. The van der Waals surface area contributed by atoms with Gasteiger partial charge in [-0.2, -0.15) is 5.10 Å². The molecule has 0 spiro atoms. The van der Waals surface area contributed by atoms with E-state index in [1.54, 1.807) is 15.6 Å². The Morgan fingerprint density at radius 3 is 2.79 bits per heavy atom. The zero-order valence-corrected chi connectivity index (χ0v) is 19.3. The molecule has 3 fully saturated rings. The largest absolute Gasteiger partial charge is 0.474 e. The Labute approximate surface area is 197 Å². The Bertz CT molecular complexity index is 1190. The molecule has 34 heavy (non-hydrogen) atoms. The third-order valence-electron chi connectivity index (χ3n) is 6.74. The molecule has 3 aliphatic rings. The summed E-state index contributed by atoms with van der Waals surface area (Å²) in [5.74, 6) is 1.49. The number of anilines is 1. The first kappa shape index (κ1) is 21.2. The monoisotopic (exact) mass is 463 g/mol. The third-order valence-corrected chi connectivity index (χ3v) is 6.74. The second kappa shape index (κ2) is 8.43. The topological polar surface area (TPSA) is 97.1 Å². The summed E-state index contributed by atoms with van der Waals surface area (Å²) in [5, 5.41) is 7.75. The van der Waals surface area contributed by atoms with Crippen LogP contribution in [0.5, 0.6) is 5.88 Å². The SMILES string of the molecule is CC1(OC(=O)N2CCN(c3ccn4ncc(-c5cccnc5OC5CC5)c4n3)CC2)CCNC1. The Morgan fingerprint density at radius 2 is 2.03 bits per heavy atom. The van der Waals surface area contributed by atoms with Crippen molar-refractivity contribution in [2.75, 3.05) is 44.2 Å². The standard InChI is InChI=1S/C24H29N7O3/c1-24(7-9-25-16-24)34-23(32)30-13-11-29(12-14-30)20-6-10-31-21(28-20)19(15-27-31)18-3-2-8-26-22(18)33-17-4-5-17/h2-3,6,8,10,15,17,25H,4-5,7,9,11-14,16H2,1H3. The number of nitrogens with zero attached hydrogens (tertiary/aromatic N) is 6. The molecule has 0 radical (unpaired) electrons. The van der Waals surface area contributed by atoms with Gasteiger partial charge in [0.2, 0.25) is 5.88 Å². The van der Waals surface area contributed by atoms with E-state index >= 15 is 0 Å². The van der Waals surface area contributed by atoms with Crippen LogP contribution in [0.25, 0.3) is 16.8 Å². The summed E-state index contributed by atoms with van der Waals surface area (Å²) in [6, 6.07) is 5.87. The highest BCUT2D eigenvalue weighted by molar-refractivity contribution is 5.80. The fourth-order valence-corrected chi connectivity index (χ4v) is 4.53. The first-order valence-corrected chi connectivity index (χ1v) is 12.0. The normalized spacial score (nSPS) is 22.9. The Hall–Kier alpha value is -3.40. The summed E-state index contributed by atoms with van der Waals surface area (Å²) in [6.07, 6.45) is 8.51. The fourth-order valence-electron chi connectivity index (χ4n) is 4.53. The van der Waals surface area contributed by atoms with Crippen LogP contribution in [0.1, 0.15) is 26.2 Å². The van der Waals surface area contributed by atoms with Crippen LogP contribution in [0.15, 0.2) is 36.8 Å². The number of hydrogen-bond donors (Lipinski definition) is 1. The molecule has 3 aromatic rings. The number of nitrogens with one attached hydrogen (secondary N) is 1. The molecule has 10 heteroatoms. The predicted molar refractivity (Wildman–Crippen MR) is 126 cm³/mol. The molecular weight excluding hydrogens is 434 g/mol. The number of ether oxygens (including phenoxy) is 2. The Balaban J connectivity index is 1.18. The molecule has 178 valence electrons. The van der Waals surface area contributed by atoms with Crippen molar-refractivity contribution < 1.29 is 14.3 Å². The van der Waals surface area contributed by atoms with Crippen molar-refractivity contribution in [3.8, 4) is 17.0 Å². The second-order valence-electron chi connectivity index (χ2n) is 9.50. The van der Waals surface area contributed by atoms with Gasteiger partial charge in [-0.05, 0) is 44.5 Å². The van der Waals surface area contributed by atoms with E-state index in [0.717, 1.165) is 48.4 Å². The lowest BCUT2D eigenvalue weighted by Gasteiger charge is -2.36. The number of carbonyl (C=O) groups excluding carboxylic acids is 1. The van der Waals surface area contributed by atoms with E-state index in [2.05, 4.69) is 20.3 Å². The first-order valence-electron chi connectivity index (χ1n) is 12.0. The van der Waals surface area contributed by atoms with Crippen LogP contribution in [-0.4, -0.2) is 81.5 Å². The van der Waals surface area contributed by atoms with Crippen LogP contribution in [0, 0.1) is 0 Å². The van der Waals surface area contributed by atoms with Crippen LogP contribution in [0.4, 0.5) is 10.6 Å². The molecule has 1 atom stereocenters. The quantitative estimate of drug-likeness (QED) is 0.616. The highest BCUT2D eigenvalue weighted by Gasteiger charge is 2.35. The van der Waals surface area contributed by atoms with Crippen molar-refractivity contribution in [3.63, 3.8) is 0 Å². The minimum atomic E-state index is -0.409. The van der Waals surface area contributed by atoms with Crippen molar-refractivity contribution in [1.29, 1.82) is 0 Å². The van der Waals surface area contributed by atoms with Gasteiger partial charge in [0.25, 0.3) is 0 Å². The first-order chi connectivity index (χ1) is 16.6. The van der Waals surface area contributed by atoms with Gasteiger partial charge in [0.05, 0.1) is 11.8 Å². The maximum Gasteiger partial charge on any atom is 0.410 e. The molecule has 3 aromatic heterocycles. The van der Waals surface area contributed by atoms with Crippen molar-refractivity contribution in [3.05, 3.63) is 36.8 Å². The van der Waals surface area contributed by atoms with Gasteiger partial charge in [-0.3, -0.25) is 0 Å². The number of pyridine rings is 1. The average molecular weight is 464 g/mol. The number of aromatic nitrogens is 4. The average Bonchev–Trinajstić information content (AvgIpc) is 3.41. The molecule has 5 heterocycles. The molecular formula is C24H29N7O3. The number of carbonyl (C=O) groups is 1. The van der Waals surface area contributed by atoms with Crippen LogP contribution < -0.4 is 15.0 Å². The lowest BCUT2D eigenvalue weighted by atomic mass is 10.1. The number of amides is 1. The second-order valence-corrected chi connectivity index (χ2v) is 9.50. The molecule has 6 rings (SSSR count). The molecule has 1 N–H and O–H groups in total. The van der Waals surface area contributed by atoms with Crippen molar-refractivity contribution in [2.24, 2.45) is 0 Å². The van der Waals surface area contributed by atoms with E-state index in [4.69, 9.17) is 14.5 Å². The van der Waals surface area contributed by atoms with Crippen LogP contribution in [-0.2, 0) is 4.74 Å². The summed E-state index contributed by atoms with van der Waals surface area (Å²) in [7, 11) is 0. The molecule has 10 nitrogen and oxygen atoms in total. The minimum absolute atomic E-state index is 0.230. The zero-order valence-electron chi connectivity index (χ0n) is 19.3. The van der Waals surface area contributed by atoms with Gasteiger partial charge in [-0.15, -0.1) is 0 Å². The lowest BCUT2D eigenvalue weighted by Crippen LogP contribution is -2.51. The molecule has 1 unspecified atom stereocenters. The maximum absolute atomic E-state index is 12.7. The van der Waals surface area contributed by atoms with Crippen molar-refractivity contribution in [1.82, 2.24) is 29.8 Å². The maximum atomic E-state index is 12.7. The Morgan fingerprint density at radius 1 is 1.18 bits per heavy atom. The molecule has 2 saturated heterocycles. The fraction of sp³-hybridized carbons (Fsp3) is 0.500. The van der Waals surface area contributed by atoms with Crippen LogP contribution in [0.3, 0.4) is 0 Å². The minimum Gasteiger partial charge on any atom is -0.474 e. The Kier molecular flexibility index (Phi) is 5.24. The molecule has 1 amide bonds. The highest BCUT2D eigenvalue weighted by atomic mass is 16.6. The van der Waals surface area contributed by atoms with E-state index in [-0.39, 0.29) is 12.2 Å². The number of rotatable bonds is 5. The predicted octanol–water partition coefficient (Wildman–Crippen LogP) is 2.34. The van der Waals surface area contributed by atoms with Crippen LogP contribution in [0.2, 0.25) is 0 Å². The summed E-state index contributed by atoms with van der Waals surface area (Å²) in [4.78, 5) is 26.0. The zero-order chi connectivity index (χ0) is 23.1. The summed E-state index contributed by atoms with van der Waals surface area (Å²) in [6.45, 7) is 6.18. The van der Waals surface area contributed by atoms with Gasteiger partial charge >= 0.3 is 6.09 Å². The van der Waals surface area contributed by atoms with E-state index in [1.807, 2.05) is 37.5 Å². The summed E-state index contributed by atoms with van der Waals surface area (Å²) < 4.78 is 13.6. The molecule has 1 aliphatic carbocycles. The third kappa shape index (κ3) is 4.13. The summed E-state index contributed by atoms with van der Waals surface area (Å²) in [5.41, 5.74) is 2.14. The molecule has 2 aliphatic heterocycles. The number of hydrogen-bond acceptors (Lipinski definition) is 8. The number of piperazine rings is 1. The van der Waals surface area contributed by atoms with Gasteiger partial charge in [0, 0.05) is 57.1 Å². The van der Waals surface area contributed by atoms with E-state index in [9.17, 15) is 4.79 Å². The molecule has 1 saturated carbocycles. The van der Waals surface area contributed by atoms with Crippen molar-refractivity contribution >= 4 is 17.6 Å². The van der Waals surface area contributed by atoms with Gasteiger partial charge in [0.15, 0.2) is 5.65 Å². The molecule has 0 bridgehead atoms. The van der Waals surface area contributed by atoms with Gasteiger partial charge < -0.3 is 24.6 Å². The van der Waals surface area contributed by atoms with Gasteiger partial charge in [-0.1, -0.05) is 0 Å². The van der Waals surface area contributed by atoms with E-state index in [1.165, 1.54) is 0 Å². The van der Waals surface area contributed by atoms with Crippen molar-refractivity contribution in [2.45, 2.75) is 37.9 Å². The highest BCUT2D eigenvalue weighted by Crippen LogP contribution is 2.35. The van der Waals surface area contributed by atoms with Gasteiger partial charge in [-0.25, -0.2) is 19.3 Å². The van der Waals surface area contributed by atoms with Gasteiger partial charge in [0.1, 0.15) is 17.5 Å².